The standard InChI is InChI=1S/C22H32N4O2.HI/c1-5-26(6-2)13-14-28-20-12-9-18(15-21(20)27-4)16-24-22(23)25-19-10-7-17(3)8-11-19;/h7-12,15H,5-6,13-14,16H2,1-4H3,(H3,23,24,25);1H. The molecule has 0 saturated carbocycles. The zero-order valence-corrected chi connectivity index (χ0v) is 20.1. The zero-order valence-electron chi connectivity index (χ0n) is 17.8. The van der Waals surface area contributed by atoms with Crippen LogP contribution in [0.1, 0.15) is 25.0 Å². The van der Waals surface area contributed by atoms with Crippen molar-refractivity contribution in [2.75, 3.05) is 38.7 Å². The van der Waals surface area contributed by atoms with Crippen molar-refractivity contribution in [3.8, 4) is 11.5 Å². The molecule has 29 heavy (non-hydrogen) atoms. The van der Waals surface area contributed by atoms with E-state index < -0.39 is 0 Å². The maximum atomic E-state index is 5.99. The minimum absolute atomic E-state index is 0. The van der Waals surface area contributed by atoms with E-state index in [1.54, 1.807) is 7.11 Å². The molecule has 0 bridgehead atoms. The van der Waals surface area contributed by atoms with Gasteiger partial charge in [-0.1, -0.05) is 37.6 Å². The minimum atomic E-state index is 0. The van der Waals surface area contributed by atoms with Crippen LogP contribution in [0.2, 0.25) is 0 Å². The summed E-state index contributed by atoms with van der Waals surface area (Å²) in [6, 6.07) is 13.9. The molecule has 2 aromatic rings. The molecule has 0 heterocycles. The van der Waals surface area contributed by atoms with Crippen LogP contribution >= 0.6 is 24.0 Å². The number of benzene rings is 2. The van der Waals surface area contributed by atoms with Gasteiger partial charge in [-0.05, 0) is 49.8 Å². The van der Waals surface area contributed by atoms with Gasteiger partial charge in [-0.2, -0.15) is 0 Å². The third-order valence-electron chi connectivity index (χ3n) is 4.54. The molecule has 0 unspecified atom stereocenters. The molecule has 0 aromatic heterocycles. The van der Waals surface area contributed by atoms with Crippen LogP contribution in [0.25, 0.3) is 0 Å². The van der Waals surface area contributed by atoms with Gasteiger partial charge in [-0.25, -0.2) is 4.99 Å². The SMILES string of the molecule is CCN(CC)CCOc1ccc(CN=C(N)Nc2ccc(C)cc2)cc1OC.I. The quantitative estimate of drug-likeness (QED) is 0.283. The highest BCUT2D eigenvalue weighted by atomic mass is 127. The van der Waals surface area contributed by atoms with Crippen LogP contribution in [0.4, 0.5) is 5.69 Å². The van der Waals surface area contributed by atoms with Gasteiger partial charge in [0, 0.05) is 12.2 Å². The number of anilines is 1. The first-order valence-corrected chi connectivity index (χ1v) is 9.71. The molecule has 160 valence electrons. The molecule has 2 rings (SSSR count). The monoisotopic (exact) mass is 512 g/mol. The summed E-state index contributed by atoms with van der Waals surface area (Å²) < 4.78 is 11.4. The van der Waals surface area contributed by atoms with E-state index in [2.05, 4.69) is 29.1 Å². The van der Waals surface area contributed by atoms with Crippen molar-refractivity contribution >= 4 is 35.6 Å². The average Bonchev–Trinajstić information content (AvgIpc) is 2.72. The van der Waals surface area contributed by atoms with Crippen molar-refractivity contribution in [1.29, 1.82) is 0 Å². The van der Waals surface area contributed by atoms with E-state index in [1.165, 1.54) is 5.56 Å². The fourth-order valence-electron chi connectivity index (χ4n) is 2.75. The normalized spacial score (nSPS) is 11.1. The summed E-state index contributed by atoms with van der Waals surface area (Å²) in [7, 11) is 1.65. The number of nitrogens with one attached hydrogen (secondary N) is 1. The molecule has 0 fully saturated rings. The second-order valence-corrected chi connectivity index (χ2v) is 6.55. The predicted molar refractivity (Wildman–Crippen MR) is 132 cm³/mol. The van der Waals surface area contributed by atoms with E-state index >= 15 is 0 Å². The first-order valence-electron chi connectivity index (χ1n) is 9.71. The van der Waals surface area contributed by atoms with Crippen LogP contribution in [0.3, 0.4) is 0 Å². The van der Waals surface area contributed by atoms with Crippen LogP contribution in [0, 0.1) is 6.92 Å². The van der Waals surface area contributed by atoms with Gasteiger partial charge < -0.3 is 25.4 Å². The molecule has 0 amide bonds. The maximum Gasteiger partial charge on any atom is 0.193 e. The summed E-state index contributed by atoms with van der Waals surface area (Å²) in [4.78, 5) is 6.72. The topological polar surface area (TPSA) is 72.1 Å². The lowest BCUT2D eigenvalue weighted by Crippen LogP contribution is -2.27. The van der Waals surface area contributed by atoms with Gasteiger partial charge in [0.1, 0.15) is 6.61 Å². The number of hydrogen-bond acceptors (Lipinski definition) is 4. The molecule has 6 nitrogen and oxygen atoms in total. The maximum absolute atomic E-state index is 5.99. The first-order chi connectivity index (χ1) is 13.5. The van der Waals surface area contributed by atoms with E-state index in [0.717, 1.165) is 36.6 Å². The van der Waals surface area contributed by atoms with E-state index in [4.69, 9.17) is 15.2 Å². The summed E-state index contributed by atoms with van der Waals surface area (Å²) >= 11 is 0. The van der Waals surface area contributed by atoms with Crippen molar-refractivity contribution in [2.45, 2.75) is 27.3 Å². The number of aliphatic imine (C=N–C) groups is 1. The molecule has 0 atom stereocenters. The number of likely N-dealkylation sites (N-methyl/N-ethyl adjacent to an activating group) is 1. The number of aryl methyl sites for hydroxylation is 1. The lowest BCUT2D eigenvalue weighted by Gasteiger charge is -2.18. The van der Waals surface area contributed by atoms with Crippen molar-refractivity contribution < 1.29 is 9.47 Å². The van der Waals surface area contributed by atoms with E-state index in [9.17, 15) is 0 Å². The van der Waals surface area contributed by atoms with E-state index in [0.29, 0.717) is 24.9 Å². The highest BCUT2D eigenvalue weighted by molar-refractivity contribution is 14.0. The third-order valence-corrected chi connectivity index (χ3v) is 4.54. The van der Waals surface area contributed by atoms with Gasteiger partial charge in [0.25, 0.3) is 0 Å². The van der Waals surface area contributed by atoms with Crippen LogP contribution in [0.15, 0.2) is 47.5 Å². The summed E-state index contributed by atoms with van der Waals surface area (Å²) in [5, 5.41) is 3.10. The Labute approximate surface area is 191 Å². The molecule has 2 aromatic carbocycles. The van der Waals surface area contributed by atoms with Gasteiger partial charge >= 0.3 is 0 Å². The summed E-state index contributed by atoms with van der Waals surface area (Å²) in [5.74, 6) is 1.83. The molecule has 0 aliphatic rings. The third kappa shape index (κ3) is 8.49. The number of nitrogens with two attached hydrogens (primary N) is 1. The Bertz CT molecular complexity index is 762. The van der Waals surface area contributed by atoms with Crippen LogP contribution in [-0.2, 0) is 6.54 Å². The molecule has 0 spiro atoms. The highest BCUT2D eigenvalue weighted by Crippen LogP contribution is 2.28. The van der Waals surface area contributed by atoms with Crippen molar-refractivity contribution in [1.82, 2.24) is 4.90 Å². The molecule has 0 aliphatic carbocycles. The van der Waals surface area contributed by atoms with E-state index in [1.807, 2.05) is 49.4 Å². The Balaban J connectivity index is 0.00000420. The van der Waals surface area contributed by atoms with Crippen LogP contribution < -0.4 is 20.5 Å². The Morgan fingerprint density at radius 3 is 2.38 bits per heavy atom. The smallest absolute Gasteiger partial charge is 0.193 e. The lowest BCUT2D eigenvalue weighted by atomic mass is 10.2. The van der Waals surface area contributed by atoms with Crippen molar-refractivity contribution in [3.63, 3.8) is 0 Å². The lowest BCUT2D eigenvalue weighted by molar-refractivity contribution is 0.217. The van der Waals surface area contributed by atoms with Gasteiger partial charge in [-0.3, -0.25) is 0 Å². The number of nitrogens with zero attached hydrogens (tertiary/aromatic N) is 2. The number of methoxy groups -OCH3 is 1. The molecule has 0 aliphatic heterocycles. The van der Waals surface area contributed by atoms with E-state index in [-0.39, 0.29) is 24.0 Å². The summed E-state index contributed by atoms with van der Waals surface area (Å²) in [5.41, 5.74) is 9.11. The summed E-state index contributed by atoms with van der Waals surface area (Å²) in [6.07, 6.45) is 0. The van der Waals surface area contributed by atoms with Crippen molar-refractivity contribution in [2.24, 2.45) is 10.7 Å². The van der Waals surface area contributed by atoms with Gasteiger partial charge in [-0.15, -0.1) is 24.0 Å². The fraction of sp³-hybridized carbons (Fsp3) is 0.409. The molecule has 3 N–H and O–H groups in total. The number of ether oxygens (including phenoxy) is 2. The highest BCUT2D eigenvalue weighted by Gasteiger charge is 2.07. The average molecular weight is 512 g/mol. The summed E-state index contributed by atoms with van der Waals surface area (Å²) in [6.45, 7) is 10.4. The molecular weight excluding hydrogens is 479 g/mol. The Hall–Kier alpha value is -2.00. The number of guanidine groups is 1. The molecule has 7 heteroatoms. The Morgan fingerprint density at radius 2 is 1.76 bits per heavy atom. The Kier molecular flexibility index (Phi) is 11.5. The zero-order chi connectivity index (χ0) is 20.4. The predicted octanol–water partition coefficient (Wildman–Crippen LogP) is 4.27. The van der Waals surface area contributed by atoms with Gasteiger partial charge in [0.15, 0.2) is 17.5 Å². The van der Waals surface area contributed by atoms with Gasteiger partial charge in [0.2, 0.25) is 0 Å². The van der Waals surface area contributed by atoms with Crippen LogP contribution in [-0.4, -0.2) is 44.2 Å². The largest absolute Gasteiger partial charge is 0.493 e. The Morgan fingerprint density at radius 1 is 1.07 bits per heavy atom. The molecule has 0 saturated heterocycles. The number of hydrogen-bond donors (Lipinski definition) is 2. The first kappa shape index (κ1) is 25.0. The number of rotatable bonds is 10. The minimum Gasteiger partial charge on any atom is -0.493 e. The van der Waals surface area contributed by atoms with Crippen LogP contribution in [0.5, 0.6) is 11.5 Å². The fourth-order valence-corrected chi connectivity index (χ4v) is 2.75. The van der Waals surface area contributed by atoms with Crippen molar-refractivity contribution in [3.05, 3.63) is 53.6 Å². The van der Waals surface area contributed by atoms with Gasteiger partial charge in [0.05, 0.1) is 13.7 Å². The second-order valence-electron chi connectivity index (χ2n) is 6.55. The number of halogens is 1. The molecule has 0 radical (unpaired) electrons. The second kappa shape index (κ2) is 13.3. The molecular formula is C22H33IN4O2.